The quantitative estimate of drug-likeness (QED) is 0.859. The van der Waals surface area contributed by atoms with Gasteiger partial charge in [0.15, 0.2) is 0 Å². The maximum absolute atomic E-state index is 13.1. The minimum atomic E-state index is -0.292. The van der Waals surface area contributed by atoms with Crippen LogP contribution in [0.2, 0.25) is 0 Å². The Labute approximate surface area is 142 Å². The first-order chi connectivity index (χ1) is 11.6. The van der Waals surface area contributed by atoms with Crippen LogP contribution in [0, 0.1) is 0 Å². The van der Waals surface area contributed by atoms with Crippen LogP contribution in [0.4, 0.5) is 0 Å². The van der Waals surface area contributed by atoms with Crippen molar-refractivity contribution in [3.05, 3.63) is 17.5 Å². The summed E-state index contributed by atoms with van der Waals surface area (Å²) in [5.74, 6) is -0.0420. The van der Waals surface area contributed by atoms with Crippen molar-refractivity contribution in [1.82, 2.24) is 20.0 Å². The number of aliphatic hydroxyl groups is 1. The van der Waals surface area contributed by atoms with Crippen molar-refractivity contribution in [3.63, 3.8) is 0 Å². The fourth-order valence-electron chi connectivity index (χ4n) is 4.27. The maximum atomic E-state index is 13.1. The SMILES string of the molecule is CN1CCCC1c1cc(C(=O)N2CC(CO)OCC23CCC3)n[nH]1. The third-order valence-corrected chi connectivity index (χ3v) is 5.98. The van der Waals surface area contributed by atoms with Gasteiger partial charge in [-0.1, -0.05) is 0 Å². The van der Waals surface area contributed by atoms with E-state index in [1.54, 1.807) is 0 Å². The van der Waals surface area contributed by atoms with Crippen LogP contribution in [-0.2, 0) is 4.74 Å². The summed E-state index contributed by atoms with van der Waals surface area (Å²) < 4.78 is 5.72. The molecular weight excluding hydrogens is 308 g/mol. The van der Waals surface area contributed by atoms with Gasteiger partial charge in [-0.3, -0.25) is 14.8 Å². The Bertz CT molecular complexity index is 613. The summed E-state index contributed by atoms with van der Waals surface area (Å²) in [4.78, 5) is 17.3. The van der Waals surface area contributed by atoms with E-state index in [4.69, 9.17) is 4.74 Å². The molecule has 7 nitrogen and oxygen atoms in total. The second-order valence-electron chi connectivity index (χ2n) is 7.46. The number of nitrogens with zero attached hydrogens (tertiary/aromatic N) is 3. The average Bonchev–Trinajstić information content (AvgIpc) is 3.20. The molecule has 2 aliphatic heterocycles. The average molecular weight is 334 g/mol. The van der Waals surface area contributed by atoms with E-state index < -0.39 is 0 Å². The van der Waals surface area contributed by atoms with Crippen molar-refractivity contribution in [2.45, 2.75) is 49.8 Å². The predicted octanol–water partition coefficient (Wildman–Crippen LogP) is 0.932. The fraction of sp³-hybridized carbons (Fsp3) is 0.765. The first-order valence-corrected chi connectivity index (χ1v) is 8.93. The van der Waals surface area contributed by atoms with Crippen molar-refractivity contribution >= 4 is 5.91 Å². The van der Waals surface area contributed by atoms with Crippen LogP contribution < -0.4 is 0 Å². The number of ether oxygens (including phenoxy) is 1. The van der Waals surface area contributed by atoms with Gasteiger partial charge in [-0.05, 0) is 51.8 Å². The number of nitrogens with one attached hydrogen (secondary N) is 1. The van der Waals surface area contributed by atoms with E-state index >= 15 is 0 Å². The second kappa shape index (κ2) is 6.13. The summed E-state index contributed by atoms with van der Waals surface area (Å²) in [5.41, 5.74) is 1.31. The lowest BCUT2D eigenvalue weighted by molar-refractivity contribution is -0.135. The monoisotopic (exact) mass is 334 g/mol. The lowest BCUT2D eigenvalue weighted by atomic mass is 9.74. The third-order valence-electron chi connectivity index (χ3n) is 5.98. The van der Waals surface area contributed by atoms with Crippen LogP contribution in [0.5, 0.6) is 0 Å². The van der Waals surface area contributed by atoms with E-state index in [-0.39, 0.29) is 24.2 Å². The minimum absolute atomic E-state index is 0.0420. The van der Waals surface area contributed by atoms with E-state index in [0.29, 0.717) is 24.9 Å². The zero-order chi connectivity index (χ0) is 16.7. The van der Waals surface area contributed by atoms with E-state index in [0.717, 1.165) is 37.9 Å². The molecule has 7 heteroatoms. The topological polar surface area (TPSA) is 81.7 Å². The molecule has 3 aliphatic rings. The molecule has 4 rings (SSSR count). The highest BCUT2D eigenvalue weighted by Crippen LogP contribution is 2.41. The number of carbonyl (C=O) groups is 1. The summed E-state index contributed by atoms with van der Waals surface area (Å²) in [6.07, 6.45) is 5.04. The maximum Gasteiger partial charge on any atom is 0.274 e. The van der Waals surface area contributed by atoms with Gasteiger partial charge >= 0.3 is 0 Å². The summed E-state index contributed by atoms with van der Waals surface area (Å²) in [6, 6.07) is 2.23. The summed E-state index contributed by atoms with van der Waals surface area (Å²) >= 11 is 0. The van der Waals surface area contributed by atoms with E-state index in [1.807, 2.05) is 11.0 Å². The molecule has 0 radical (unpaired) electrons. The molecule has 1 saturated carbocycles. The van der Waals surface area contributed by atoms with Gasteiger partial charge in [0.25, 0.3) is 5.91 Å². The molecule has 1 aliphatic carbocycles. The lowest BCUT2D eigenvalue weighted by Gasteiger charge is -2.54. The van der Waals surface area contributed by atoms with Gasteiger partial charge < -0.3 is 14.7 Å². The second-order valence-corrected chi connectivity index (χ2v) is 7.46. The number of H-pyrrole nitrogens is 1. The molecule has 2 atom stereocenters. The number of hydrogen-bond acceptors (Lipinski definition) is 5. The van der Waals surface area contributed by atoms with E-state index in [1.165, 1.54) is 6.42 Å². The number of aliphatic hydroxyl groups excluding tert-OH is 1. The fourth-order valence-corrected chi connectivity index (χ4v) is 4.27. The van der Waals surface area contributed by atoms with Gasteiger partial charge in [-0.15, -0.1) is 0 Å². The first-order valence-electron chi connectivity index (χ1n) is 8.93. The molecule has 3 heterocycles. The molecule has 1 aromatic heterocycles. The zero-order valence-electron chi connectivity index (χ0n) is 14.2. The van der Waals surface area contributed by atoms with Crippen LogP contribution in [0.3, 0.4) is 0 Å². The summed E-state index contributed by atoms with van der Waals surface area (Å²) in [6.45, 7) is 1.99. The van der Waals surface area contributed by atoms with Crippen LogP contribution in [0.25, 0.3) is 0 Å². The highest BCUT2D eigenvalue weighted by Gasteiger charge is 2.49. The van der Waals surface area contributed by atoms with E-state index in [2.05, 4.69) is 22.1 Å². The highest BCUT2D eigenvalue weighted by molar-refractivity contribution is 5.93. The van der Waals surface area contributed by atoms with Crippen molar-refractivity contribution in [2.75, 3.05) is 33.4 Å². The number of morpholine rings is 1. The minimum Gasteiger partial charge on any atom is -0.394 e. The third kappa shape index (κ3) is 2.55. The molecule has 3 fully saturated rings. The Morgan fingerprint density at radius 3 is 2.96 bits per heavy atom. The Morgan fingerprint density at radius 2 is 2.33 bits per heavy atom. The molecule has 24 heavy (non-hydrogen) atoms. The van der Waals surface area contributed by atoms with Gasteiger partial charge in [0.1, 0.15) is 5.69 Å². The van der Waals surface area contributed by atoms with Gasteiger partial charge in [-0.25, -0.2) is 0 Å². The van der Waals surface area contributed by atoms with Gasteiger partial charge in [0.05, 0.1) is 43.1 Å². The molecule has 0 bridgehead atoms. The molecule has 2 saturated heterocycles. The number of aromatic nitrogens is 2. The molecule has 2 N–H and O–H groups in total. The largest absolute Gasteiger partial charge is 0.394 e. The number of carbonyl (C=O) groups excluding carboxylic acids is 1. The Kier molecular flexibility index (Phi) is 4.10. The molecule has 0 aromatic carbocycles. The number of hydrogen-bond donors (Lipinski definition) is 2. The smallest absolute Gasteiger partial charge is 0.274 e. The van der Waals surface area contributed by atoms with Crippen molar-refractivity contribution in [1.29, 1.82) is 0 Å². The summed E-state index contributed by atoms with van der Waals surface area (Å²) in [5, 5.41) is 16.8. The number of likely N-dealkylation sites (tertiary alicyclic amines) is 1. The van der Waals surface area contributed by atoms with Gasteiger partial charge in [-0.2, -0.15) is 5.10 Å². The molecule has 1 spiro atoms. The Morgan fingerprint density at radius 1 is 1.50 bits per heavy atom. The van der Waals surface area contributed by atoms with Crippen LogP contribution in [0.1, 0.15) is 54.3 Å². The Hall–Kier alpha value is -1.44. The van der Waals surface area contributed by atoms with Crippen LogP contribution in [0.15, 0.2) is 6.07 Å². The number of aromatic amines is 1. The summed E-state index contributed by atoms with van der Waals surface area (Å²) in [7, 11) is 2.11. The van der Waals surface area contributed by atoms with Crippen LogP contribution >= 0.6 is 0 Å². The van der Waals surface area contributed by atoms with Crippen LogP contribution in [-0.4, -0.2) is 76.0 Å². The van der Waals surface area contributed by atoms with Crippen molar-refractivity contribution in [3.8, 4) is 0 Å². The van der Waals surface area contributed by atoms with Crippen molar-refractivity contribution in [2.24, 2.45) is 0 Å². The van der Waals surface area contributed by atoms with Gasteiger partial charge in [0, 0.05) is 0 Å². The first kappa shape index (κ1) is 16.1. The van der Waals surface area contributed by atoms with E-state index in [9.17, 15) is 9.90 Å². The zero-order valence-corrected chi connectivity index (χ0v) is 14.2. The standard InChI is InChI=1S/C17H26N4O3/c1-20-7-2-4-15(20)13-8-14(19-18-13)16(23)21-9-12(10-22)24-11-17(21)5-3-6-17/h8,12,15,22H,2-7,9-11H2,1H3,(H,18,19). The number of rotatable bonds is 3. The number of amides is 1. The Balaban J connectivity index is 1.54. The lowest BCUT2D eigenvalue weighted by Crippen LogP contribution is -2.65. The predicted molar refractivity (Wildman–Crippen MR) is 87.6 cm³/mol. The molecule has 1 amide bonds. The van der Waals surface area contributed by atoms with Gasteiger partial charge in [0.2, 0.25) is 0 Å². The molecular formula is C17H26N4O3. The highest BCUT2D eigenvalue weighted by atomic mass is 16.5. The molecule has 1 aromatic rings. The van der Waals surface area contributed by atoms with Crippen molar-refractivity contribution < 1.29 is 14.6 Å². The normalized spacial score (nSPS) is 29.8. The molecule has 132 valence electrons. The molecule has 2 unspecified atom stereocenters.